The Hall–Kier alpha value is -2.88. The van der Waals surface area contributed by atoms with Crippen molar-refractivity contribution in [3.63, 3.8) is 0 Å². The molecule has 0 spiro atoms. The SMILES string of the molecule is CC(C)c1cc(C(=O)Nc2ccc(O)cc2)c2ccccc2n1. The molecule has 4 nitrogen and oxygen atoms in total. The van der Waals surface area contributed by atoms with Crippen LogP contribution in [0.15, 0.2) is 54.6 Å². The molecule has 116 valence electrons. The lowest BCUT2D eigenvalue weighted by molar-refractivity contribution is 0.102. The summed E-state index contributed by atoms with van der Waals surface area (Å²) in [5.74, 6) is 0.218. The van der Waals surface area contributed by atoms with Crippen LogP contribution in [0.3, 0.4) is 0 Å². The number of benzene rings is 2. The molecule has 0 radical (unpaired) electrons. The van der Waals surface area contributed by atoms with E-state index in [0.717, 1.165) is 16.6 Å². The Kier molecular flexibility index (Phi) is 3.98. The van der Waals surface area contributed by atoms with Gasteiger partial charge in [-0.3, -0.25) is 9.78 Å². The van der Waals surface area contributed by atoms with Gasteiger partial charge in [-0.1, -0.05) is 32.0 Å². The smallest absolute Gasteiger partial charge is 0.256 e. The zero-order valence-corrected chi connectivity index (χ0v) is 13.1. The van der Waals surface area contributed by atoms with Crippen LogP contribution >= 0.6 is 0 Å². The van der Waals surface area contributed by atoms with Crippen LogP contribution in [0.4, 0.5) is 5.69 Å². The number of aromatic nitrogens is 1. The van der Waals surface area contributed by atoms with Gasteiger partial charge in [0.25, 0.3) is 5.91 Å². The quantitative estimate of drug-likeness (QED) is 0.708. The van der Waals surface area contributed by atoms with Crippen LogP contribution < -0.4 is 5.32 Å². The lowest BCUT2D eigenvalue weighted by Crippen LogP contribution is -2.13. The van der Waals surface area contributed by atoms with E-state index in [-0.39, 0.29) is 17.6 Å². The van der Waals surface area contributed by atoms with Crippen LogP contribution in [-0.2, 0) is 0 Å². The highest BCUT2D eigenvalue weighted by atomic mass is 16.3. The number of aromatic hydroxyl groups is 1. The summed E-state index contributed by atoms with van der Waals surface area (Å²) in [5.41, 5.74) is 2.95. The molecule has 23 heavy (non-hydrogen) atoms. The normalized spacial score (nSPS) is 10.9. The third kappa shape index (κ3) is 3.16. The number of pyridine rings is 1. The van der Waals surface area contributed by atoms with Gasteiger partial charge in [0, 0.05) is 16.8 Å². The first-order valence-electron chi connectivity index (χ1n) is 7.54. The summed E-state index contributed by atoms with van der Waals surface area (Å²) in [5, 5.41) is 13.0. The molecule has 1 aromatic heterocycles. The number of phenolic OH excluding ortho intramolecular Hbond substituents is 1. The second-order valence-electron chi connectivity index (χ2n) is 5.77. The molecule has 0 aliphatic rings. The van der Waals surface area contributed by atoms with E-state index in [0.29, 0.717) is 11.3 Å². The molecule has 0 aliphatic heterocycles. The number of amides is 1. The highest BCUT2D eigenvalue weighted by Crippen LogP contribution is 2.23. The van der Waals surface area contributed by atoms with Crippen molar-refractivity contribution in [3.8, 4) is 5.75 Å². The highest BCUT2D eigenvalue weighted by Gasteiger charge is 2.14. The molecular weight excluding hydrogens is 288 g/mol. The monoisotopic (exact) mass is 306 g/mol. The third-order valence-electron chi connectivity index (χ3n) is 3.70. The Morgan fingerprint density at radius 2 is 1.78 bits per heavy atom. The molecular formula is C19H18N2O2. The van der Waals surface area contributed by atoms with Gasteiger partial charge in [0.05, 0.1) is 11.1 Å². The van der Waals surface area contributed by atoms with Gasteiger partial charge in [0.1, 0.15) is 5.75 Å². The van der Waals surface area contributed by atoms with E-state index in [1.807, 2.05) is 30.3 Å². The standard InChI is InChI=1S/C19H18N2O2/c1-12(2)18-11-16(15-5-3-4-6-17(15)21-18)19(23)20-13-7-9-14(22)10-8-13/h3-12,22H,1-2H3,(H,20,23). The topological polar surface area (TPSA) is 62.2 Å². The molecule has 3 aromatic rings. The van der Waals surface area contributed by atoms with Gasteiger partial charge < -0.3 is 10.4 Å². The van der Waals surface area contributed by atoms with E-state index in [9.17, 15) is 9.90 Å². The van der Waals surface area contributed by atoms with Crippen molar-refractivity contribution in [2.24, 2.45) is 0 Å². The minimum absolute atomic E-state index is 0.166. The zero-order valence-electron chi connectivity index (χ0n) is 13.1. The van der Waals surface area contributed by atoms with E-state index in [4.69, 9.17) is 0 Å². The van der Waals surface area contributed by atoms with Gasteiger partial charge >= 0.3 is 0 Å². The molecule has 0 bridgehead atoms. The number of carbonyl (C=O) groups is 1. The van der Waals surface area contributed by atoms with Gasteiger partial charge in [-0.2, -0.15) is 0 Å². The predicted octanol–water partition coefficient (Wildman–Crippen LogP) is 4.32. The Morgan fingerprint density at radius 3 is 2.48 bits per heavy atom. The number of fused-ring (bicyclic) bond motifs is 1. The van der Waals surface area contributed by atoms with Gasteiger partial charge in [-0.05, 0) is 42.3 Å². The number of nitrogens with one attached hydrogen (secondary N) is 1. The van der Waals surface area contributed by atoms with Gasteiger partial charge in [-0.15, -0.1) is 0 Å². The van der Waals surface area contributed by atoms with Crippen LogP contribution in [0.25, 0.3) is 10.9 Å². The van der Waals surface area contributed by atoms with Crippen LogP contribution in [0, 0.1) is 0 Å². The summed E-state index contributed by atoms with van der Waals surface area (Å²) in [4.78, 5) is 17.3. The van der Waals surface area contributed by atoms with Crippen molar-refractivity contribution >= 4 is 22.5 Å². The molecule has 0 saturated carbocycles. The van der Waals surface area contributed by atoms with E-state index in [1.165, 1.54) is 0 Å². The number of carbonyl (C=O) groups excluding carboxylic acids is 1. The maximum Gasteiger partial charge on any atom is 0.256 e. The van der Waals surface area contributed by atoms with Crippen molar-refractivity contribution in [2.45, 2.75) is 19.8 Å². The minimum Gasteiger partial charge on any atom is -0.508 e. The Bertz CT molecular complexity index is 855. The van der Waals surface area contributed by atoms with Gasteiger partial charge in [-0.25, -0.2) is 0 Å². The maximum absolute atomic E-state index is 12.7. The average molecular weight is 306 g/mol. The summed E-state index contributed by atoms with van der Waals surface area (Å²) in [6.45, 7) is 4.11. The number of hydrogen-bond donors (Lipinski definition) is 2. The van der Waals surface area contributed by atoms with Crippen molar-refractivity contribution in [3.05, 3.63) is 65.9 Å². The van der Waals surface area contributed by atoms with Crippen molar-refractivity contribution < 1.29 is 9.90 Å². The van der Waals surface area contributed by atoms with Crippen molar-refractivity contribution in [1.29, 1.82) is 0 Å². The number of anilines is 1. The van der Waals surface area contributed by atoms with E-state index in [2.05, 4.69) is 24.1 Å². The summed E-state index contributed by atoms with van der Waals surface area (Å²) in [7, 11) is 0. The van der Waals surface area contributed by atoms with Gasteiger partial charge in [0.2, 0.25) is 0 Å². The predicted molar refractivity (Wildman–Crippen MR) is 91.9 cm³/mol. The van der Waals surface area contributed by atoms with Crippen LogP contribution in [0.2, 0.25) is 0 Å². The molecule has 0 saturated heterocycles. The lowest BCUT2D eigenvalue weighted by Gasteiger charge is -2.12. The molecule has 3 rings (SSSR count). The van der Waals surface area contributed by atoms with Crippen LogP contribution in [0.5, 0.6) is 5.75 Å². The molecule has 1 heterocycles. The Morgan fingerprint density at radius 1 is 1.09 bits per heavy atom. The first-order valence-corrected chi connectivity index (χ1v) is 7.54. The van der Waals surface area contributed by atoms with Crippen LogP contribution in [-0.4, -0.2) is 16.0 Å². The molecule has 4 heteroatoms. The molecule has 0 atom stereocenters. The van der Waals surface area contributed by atoms with E-state index in [1.54, 1.807) is 24.3 Å². The molecule has 0 unspecified atom stereocenters. The molecule has 1 amide bonds. The summed E-state index contributed by atoms with van der Waals surface area (Å²) < 4.78 is 0. The van der Waals surface area contributed by atoms with Crippen molar-refractivity contribution in [1.82, 2.24) is 4.98 Å². The number of hydrogen-bond acceptors (Lipinski definition) is 3. The van der Waals surface area contributed by atoms with Crippen molar-refractivity contribution in [2.75, 3.05) is 5.32 Å². The summed E-state index contributed by atoms with van der Waals surface area (Å²) in [6, 6.07) is 15.9. The van der Waals surface area contributed by atoms with E-state index < -0.39 is 0 Å². The average Bonchev–Trinajstić information content (AvgIpc) is 2.55. The maximum atomic E-state index is 12.7. The number of para-hydroxylation sites is 1. The molecule has 0 aliphatic carbocycles. The third-order valence-corrected chi connectivity index (χ3v) is 3.70. The molecule has 0 fully saturated rings. The first-order chi connectivity index (χ1) is 11.0. The number of phenols is 1. The number of nitrogens with zero attached hydrogens (tertiary/aromatic N) is 1. The first kappa shape index (κ1) is 15.0. The second kappa shape index (κ2) is 6.08. The molecule has 2 N–H and O–H groups in total. The number of rotatable bonds is 3. The van der Waals surface area contributed by atoms with Gasteiger partial charge in [0.15, 0.2) is 0 Å². The Labute approximate surface area is 134 Å². The largest absolute Gasteiger partial charge is 0.508 e. The van der Waals surface area contributed by atoms with Crippen LogP contribution in [0.1, 0.15) is 35.8 Å². The molecule has 2 aromatic carbocycles. The summed E-state index contributed by atoms with van der Waals surface area (Å²) in [6.07, 6.45) is 0. The lowest BCUT2D eigenvalue weighted by atomic mass is 10.0. The Balaban J connectivity index is 2.03. The highest BCUT2D eigenvalue weighted by molar-refractivity contribution is 6.12. The fraction of sp³-hybridized carbons (Fsp3) is 0.158. The zero-order chi connectivity index (χ0) is 16.4. The summed E-state index contributed by atoms with van der Waals surface area (Å²) >= 11 is 0. The fourth-order valence-electron chi connectivity index (χ4n) is 2.42. The minimum atomic E-state index is -0.184. The second-order valence-corrected chi connectivity index (χ2v) is 5.77. The fourth-order valence-corrected chi connectivity index (χ4v) is 2.42. The van der Waals surface area contributed by atoms with E-state index >= 15 is 0 Å².